The summed E-state index contributed by atoms with van der Waals surface area (Å²) in [5.41, 5.74) is 1.40. The fourth-order valence-corrected chi connectivity index (χ4v) is 1.76. The minimum Gasteiger partial charge on any atom is -0.491 e. The van der Waals surface area contributed by atoms with Gasteiger partial charge in [-0.25, -0.2) is 4.39 Å². The maximum absolute atomic E-state index is 12.0. The van der Waals surface area contributed by atoms with Gasteiger partial charge in [-0.05, 0) is 24.3 Å². The molecule has 2 aromatic carbocycles. The van der Waals surface area contributed by atoms with E-state index in [-0.39, 0.29) is 18.8 Å². The third kappa shape index (κ3) is 4.84. The average molecular weight is 285 g/mol. The number of halogens is 1. The highest BCUT2D eigenvalue weighted by atomic mass is 19.1. The Morgan fingerprint density at radius 3 is 2.48 bits per heavy atom. The summed E-state index contributed by atoms with van der Waals surface area (Å²) in [5.74, 6) is 0.634. The lowest BCUT2D eigenvalue weighted by atomic mass is 10.1. The second-order valence-corrected chi connectivity index (χ2v) is 4.34. The maximum atomic E-state index is 12.0. The molecule has 3 nitrogen and oxygen atoms in total. The third-order valence-corrected chi connectivity index (χ3v) is 2.80. The molecule has 0 spiro atoms. The first kappa shape index (κ1) is 14.9. The van der Waals surface area contributed by atoms with Crippen molar-refractivity contribution in [2.24, 2.45) is 4.99 Å². The van der Waals surface area contributed by atoms with Gasteiger partial charge in [0.1, 0.15) is 19.0 Å². The molecule has 0 aliphatic carbocycles. The summed E-state index contributed by atoms with van der Waals surface area (Å²) in [7, 11) is 0. The van der Waals surface area contributed by atoms with E-state index >= 15 is 0 Å². The number of hydrogen-bond acceptors (Lipinski definition) is 3. The van der Waals surface area contributed by atoms with Crippen LogP contribution in [0.4, 0.5) is 10.1 Å². The summed E-state index contributed by atoms with van der Waals surface area (Å²) in [4.78, 5) is 16.1. The molecule has 0 aliphatic rings. The largest absolute Gasteiger partial charge is 0.491 e. The van der Waals surface area contributed by atoms with Crippen LogP contribution in [0.15, 0.2) is 59.6 Å². The van der Waals surface area contributed by atoms with Crippen LogP contribution in [-0.4, -0.2) is 25.3 Å². The number of hydrogen-bond donors (Lipinski definition) is 0. The molecule has 2 aromatic rings. The standard InChI is InChI=1S/C17H16FNO2/c18-11-13-21-16-8-6-15(7-9-16)19-12-10-17(20)14-4-2-1-3-5-14/h1-9,12H,10-11,13H2. The van der Waals surface area contributed by atoms with Gasteiger partial charge in [0.15, 0.2) is 5.78 Å². The van der Waals surface area contributed by atoms with Crippen LogP contribution in [0, 0.1) is 0 Å². The van der Waals surface area contributed by atoms with Crippen molar-refractivity contribution in [2.75, 3.05) is 13.3 Å². The summed E-state index contributed by atoms with van der Waals surface area (Å²) < 4.78 is 17.1. The molecule has 0 fully saturated rings. The quantitative estimate of drug-likeness (QED) is 0.569. The molecule has 0 aromatic heterocycles. The van der Waals surface area contributed by atoms with Gasteiger partial charge in [-0.2, -0.15) is 0 Å². The Hall–Kier alpha value is -2.49. The van der Waals surface area contributed by atoms with Crippen LogP contribution in [0.3, 0.4) is 0 Å². The zero-order valence-corrected chi connectivity index (χ0v) is 11.5. The second-order valence-electron chi connectivity index (χ2n) is 4.34. The van der Waals surface area contributed by atoms with Gasteiger partial charge in [-0.1, -0.05) is 30.3 Å². The van der Waals surface area contributed by atoms with Crippen LogP contribution < -0.4 is 4.74 Å². The smallest absolute Gasteiger partial charge is 0.168 e. The predicted octanol–water partition coefficient (Wildman–Crippen LogP) is 4.01. The highest BCUT2D eigenvalue weighted by Crippen LogP contribution is 2.17. The Kier molecular flexibility index (Phi) is 5.64. The zero-order chi connectivity index (χ0) is 14.9. The van der Waals surface area contributed by atoms with Crippen molar-refractivity contribution in [2.45, 2.75) is 6.42 Å². The van der Waals surface area contributed by atoms with Crippen LogP contribution >= 0.6 is 0 Å². The molecule has 0 aliphatic heterocycles. The summed E-state index contributed by atoms with van der Waals surface area (Å²) in [6, 6.07) is 16.1. The van der Waals surface area contributed by atoms with Crippen molar-refractivity contribution in [3.63, 3.8) is 0 Å². The molecule has 4 heteroatoms. The van der Waals surface area contributed by atoms with Gasteiger partial charge >= 0.3 is 0 Å². The molecule has 2 rings (SSSR count). The molecule has 0 amide bonds. The first-order chi connectivity index (χ1) is 10.3. The Bertz CT molecular complexity index is 594. The second kappa shape index (κ2) is 7.94. The van der Waals surface area contributed by atoms with Gasteiger partial charge in [-0.15, -0.1) is 0 Å². The first-order valence-electron chi connectivity index (χ1n) is 6.69. The highest BCUT2D eigenvalue weighted by Gasteiger charge is 2.02. The fraction of sp³-hybridized carbons (Fsp3) is 0.176. The number of Topliss-reactive ketones (excluding diaryl/α,β-unsaturated/α-hetero) is 1. The predicted molar refractivity (Wildman–Crippen MR) is 81.5 cm³/mol. The molecule has 0 heterocycles. The van der Waals surface area contributed by atoms with Crippen molar-refractivity contribution in [1.29, 1.82) is 0 Å². The lowest BCUT2D eigenvalue weighted by Gasteiger charge is -2.02. The Balaban J connectivity index is 1.88. The Morgan fingerprint density at radius 1 is 1.10 bits per heavy atom. The van der Waals surface area contributed by atoms with E-state index in [0.29, 0.717) is 11.3 Å². The maximum Gasteiger partial charge on any atom is 0.168 e. The van der Waals surface area contributed by atoms with E-state index < -0.39 is 6.67 Å². The lowest BCUT2D eigenvalue weighted by Crippen LogP contribution is -1.98. The van der Waals surface area contributed by atoms with Crippen molar-refractivity contribution >= 4 is 17.7 Å². The topological polar surface area (TPSA) is 38.7 Å². The van der Waals surface area contributed by atoms with Crippen molar-refractivity contribution < 1.29 is 13.9 Å². The monoisotopic (exact) mass is 285 g/mol. The van der Waals surface area contributed by atoms with E-state index in [1.165, 1.54) is 0 Å². The normalized spacial score (nSPS) is 10.7. The number of carbonyl (C=O) groups excluding carboxylic acids is 1. The Morgan fingerprint density at radius 2 is 1.81 bits per heavy atom. The van der Waals surface area contributed by atoms with Crippen LogP contribution in [0.1, 0.15) is 16.8 Å². The van der Waals surface area contributed by atoms with Crippen LogP contribution in [0.2, 0.25) is 0 Å². The molecule has 0 unspecified atom stereocenters. The summed E-state index contributed by atoms with van der Waals surface area (Å²) in [6.45, 7) is -0.463. The molecule has 0 atom stereocenters. The number of benzene rings is 2. The lowest BCUT2D eigenvalue weighted by molar-refractivity contribution is 0.100. The van der Waals surface area contributed by atoms with E-state index in [9.17, 15) is 9.18 Å². The first-order valence-corrected chi connectivity index (χ1v) is 6.69. The van der Waals surface area contributed by atoms with Gasteiger partial charge in [0.05, 0.1) is 5.69 Å². The van der Waals surface area contributed by atoms with E-state index in [1.807, 2.05) is 18.2 Å². The van der Waals surface area contributed by atoms with Gasteiger partial charge < -0.3 is 4.74 Å². The van der Waals surface area contributed by atoms with Gasteiger partial charge in [-0.3, -0.25) is 9.79 Å². The van der Waals surface area contributed by atoms with Crippen LogP contribution in [0.5, 0.6) is 5.75 Å². The highest BCUT2D eigenvalue weighted by molar-refractivity contribution is 6.03. The molecule has 0 radical (unpaired) electrons. The minimum atomic E-state index is -0.512. The summed E-state index contributed by atoms with van der Waals surface area (Å²) in [6.07, 6.45) is 1.84. The van der Waals surface area contributed by atoms with Gasteiger partial charge in [0.2, 0.25) is 0 Å². The van der Waals surface area contributed by atoms with Crippen molar-refractivity contribution in [3.8, 4) is 5.75 Å². The molecular weight excluding hydrogens is 269 g/mol. The number of carbonyl (C=O) groups is 1. The summed E-state index contributed by atoms with van der Waals surface area (Å²) >= 11 is 0. The number of ether oxygens (including phenoxy) is 1. The van der Waals surface area contributed by atoms with E-state index in [0.717, 1.165) is 5.69 Å². The van der Waals surface area contributed by atoms with Crippen LogP contribution in [-0.2, 0) is 0 Å². The van der Waals surface area contributed by atoms with Gasteiger partial charge in [0, 0.05) is 18.2 Å². The Labute approximate surface area is 123 Å². The average Bonchev–Trinajstić information content (AvgIpc) is 2.55. The molecule has 108 valence electrons. The van der Waals surface area contributed by atoms with Crippen molar-refractivity contribution in [1.82, 2.24) is 0 Å². The number of aliphatic imine (C=N–C) groups is 1. The van der Waals surface area contributed by atoms with E-state index in [2.05, 4.69) is 4.99 Å². The zero-order valence-electron chi connectivity index (χ0n) is 11.5. The molecular formula is C17H16FNO2. The third-order valence-electron chi connectivity index (χ3n) is 2.80. The number of rotatable bonds is 7. The van der Waals surface area contributed by atoms with E-state index in [4.69, 9.17) is 4.74 Å². The molecule has 0 N–H and O–H groups in total. The summed E-state index contributed by atoms with van der Waals surface area (Å²) in [5, 5.41) is 0. The van der Waals surface area contributed by atoms with E-state index in [1.54, 1.807) is 42.6 Å². The number of ketones is 1. The van der Waals surface area contributed by atoms with Crippen LogP contribution in [0.25, 0.3) is 0 Å². The van der Waals surface area contributed by atoms with Gasteiger partial charge in [0.25, 0.3) is 0 Å². The number of alkyl halides is 1. The number of nitrogens with zero attached hydrogens (tertiary/aromatic N) is 1. The van der Waals surface area contributed by atoms with Crippen molar-refractivity contribution in [3.05, 3.63) is 60.2 Å². The molecule has 0 saturated heterocycles. The molecule has 0 saturated carbocycles. The molecule has 0 bridgehead atoms. The minimum absolute atomic E-state index is 0.0299. The SMILES string of the molecule is O=C(CC=Nc1ccc(OCCF)cc1)c1ccccc1. The fourth-order valence-electron chi connectivity index (χ4n) is 1.76. The molecule has 21 heavy (non-hydrogen) atoms.